The van der Waals surface area contributed by atoms with Gasteiger partial charge in [-0.05, 0) is 30.3 Å². The highest BCUT2D eigenvalue weighted by molar-refractivity contribution is 7.13. The smallest absolute Gasteiger partial charge is 0.161 e. The van der Waals surface area contributed by atoms with Crippen molar-refractivity contribution in [2.45, 2.75) is 0 Å². The highest BCUT2D eigenvalue weighted by Crippen LogP contribution is 2.36. The summed E-state index contributed by atoms with van der Waals surface area (Å²) in [6.45, 7) is 0. The van der Waals surface area contributed by atoms with Crippen LogP contribution in [0.4, 0.5) is 0 Å². The van der Waals surface area contributed by atoms with E-state index in [2.05, 4.69) is 0 Å². The zero-order valence-corrected chi connectivity index (χ0v) is 14.0. The van der Waals surface area contributed by atoms with E-state index in [0.717, 1.165) is 27.6 Å². The molecular formula is C18H17NO3S. The second kappa shape index (κ2) is 6.71. The largest absolute Gasteiger partial charge is 0.496 e. The lowest BCUT2D eigenvalue weighted by Crippen LogP contribution is -1.91. The lowest BCUT2D eigenvalue weighted by Gasteiger charge is -2.08. The molecule has 0 amide bonds. The summed E-state index contributed by atoms with van der Waals surface area (Å²) in [5.41, 5.74) is 2.88. The van der Waals surface area contributed by atoms with Crippen LogP contribution < -0.4 is 14.2 Å². The van der Waals surface area contributed by atoms with Crippen molar-refractivity contribution in [3.63, 3.8) is 0 Å². The average molecular weight is 327 g/mol. The predicted molar refractivity (Wildman–Crippen MR) is 92.6 cm³/mol. The van der Waals surface area contributed by atoms with Crippen LogP contribution in [-0.2, 0) is 0 Å². The van der Waals surface area contributed by atoms with Gasteiger partial charge < -0.3 is 14.2 Å². The van der Waals surface area contributed by atoms with Crippen LogP contribution >= 0.6 is 11.3 Å². The Kier molecular flexibility index (Phi) is 4.48. The number of rotatable bonds is 5. The van der Waals surface area contributed by atoms with Gasteiger partial charge in [0.2, 0.25) is 0 Å². The fourth-order valence-corrected chi connectivity index (χ4v) is 3.17. The van der Waals surface area contributed by atoms with Gasteiger partial charge in [0.1, 0.15) is 10.8 Å². The Bertz CT molecular complexity index is 814. The molecule has 0 aliphatic carbocycles. The first-order chi connectivity index (χ1) is 11.3. The summed E-state index contributed by atoms with van der Waals surface area (Å²) < 4.78 is 16.0. The molecule has 4 nitrogen and oxygen atoms in total. The van der Waals surface area contributed by atoms with Gasteiger partial charge in [-0.1, -0.05) is 12.1 Å². The number of hydrogen-bond acceptors (Lipinski definition) is 5. The first-order valence-corrected chi connectivity index (χ1v) is 7.96. The quantitative estimate of drug-likeness (QED) is 0.691. The summed E-state index contributed by atoms with van der Waals surface area (Å²) in [6, 6.07) is 13.7. The molecule has 23 heavy (non-hydrogen) atoms. The summed E-state index contributed by atoms with van der Waals surface area (Å²) in [6.07, 6.45) is 0. The Morgan fingerprint density at radius 3 is 2.30 bits per heavy atom. The molecule has 0 bridgehead atoms. The fourth-order valence-electron chi connectivity index (χ4n) is 2.36. The van der Waals surface area contributed by atoms with E-state index in [0.29, 0.717) is 11.5 Å². The van der Waals surface area contributed by atoms with Crippen molar-refractivity contribution in [2.75, 3.05) is 21.3 Å². The molecule has 3 rings (SSSR count). The molecule has 0 N–H and O–H groups in total. The van der Waals surface area contributed by atoms with Gasteiger partial charge in [-0.15, -0.1) is 11.3 Å². The SMILES string of the molecule is COc1ccc(-c2nc(-c3ccccc3OC)cs2)cc1OC. The first-order valence-electron chi connectivity index (χ1n) is 7.08. The van der Waals surface area contributed by atoms with Crippen molar-refractivity contribution < 1.29 is 14.2 Å². The minimum atomic E-state index is 0.694. The number of ether oxygens (including phenoxy) is 3. The van der Waals surface area contributed by atoms with E-state index in [1.807, 2.05) is 47.8 Å². The van der Waals surface area contributed by atoms with Crippen molar-refractivity contribution >= 4 is 11.3 Å². The third kappa shape index (κ3) is 3.00. The molecule has 0 spiro atoms. The summed E-state index contributed by atoms with van der Waals surface area (Å²) in [4.78, 5) is 4.73. The van der Waals surface area contributed by atoms with Gasteiger partial charge in [0, 0.05) is 16.5 Å². The van der Waals surface area contributed by atoms with Crippen molar-refractivity contribution in [3.05, 3.63) is 47.8 Å². The van der Waals surface area contributed by atoms with Crippen molar-refractivity contribution in [1.82, 2.24) is 4.98 Å². The lowest BCUT2D eigenvalue weighted by atomic mass is 10.1. The normalized spacial score (nSPS) is 10.4. The van der Waals surface area contributed by atoms with E-state index in [9.17, 15) is 0 Å². The van der Waals surface area contributed by atoms with Crippen LogP contribution in [-0.4, -0.2) is 26.3 Å². The van der Waals surface area contributed by atoms with E-state index < -0.39 is 0 Å². The summed E-state index contributed by atoms with van der Waals surface area (Å²) >= 11 is 1.59. The van der Waals surface area contributed by atoms with E-state index in [1.54, 1.807) is 32.7 Å². The third-order valence-electron chi connectivity index (χ3n) is 3.52. The number of methoxy groups -OCH3 is 3. The number of nitrogens with zero attached hydrogens (tertiary/aromatic N) is 1. The molecule has 0 radical (unpaired) electrons. The van der Waals surface area contributed by atoms with E-state index in [1.165, 1.54) is 0 Å². The topological polar surface area (TPSA) is 40.6 Å². The monoisotopic (exact) mass is 327 g/mol. The van der Waals surface area contributed by atoms with Crippen molar-refractivity contribution in [1.29, 1.82) is 0 Å². The van der Waals surface area contributed by atoms with Crippen molar-refractivity contribution in [2.24, 2.45) is 0 Å². The van der Waals surface area contributed by atoms with E-state index in [-0.39, 0.29) is 0 Å². The highest BCUT2D eigenvalue weighted by Gasteiger charge is 2.12. The molecule has 0 atom stereocenters. The maximum Gasteiger partial charge on any atom is 0.161 e. The van der Waals surface area contributed by atoms with Crippen LogP contribution in [0.2, 0.25) is 0 Å². The summed E-state index contributed by atoms with van der Waals surface area (Å²) in [5, 5.41) is 2.95. The number of aromatic nitrogens is 1. The Morgan fingerprint density at radius 2 is 1.57 bits per heavy atom. The standard InChI is InChI=1S/C18H17NO3S/c1-20-15-7-5-4-6-13(15)14-11-23-18(19-14)12-8-9-16(21-2)17(10-12)22-3/h4-11H,1-3H3. The Balaban J connectivity index is 1.99. The lowest BCUT2D eigenvalue weighted by molar-refractivity contribution is 0.355. The maximum atomic E-state index is 5.41. The molecule has 5 heteroatoms. The number of thiazole rings is 1. The van der Waals surface area contributed by atoms with Gasteiger partial charge >= 0.3 is 0 Å². The molecule has 1 heterocycles. The second-order valence-corrected chi connectivity index (χ2v) is 5.67. The van der Waals surface area contributed by atoms with Crippen LogP contribution in [0.5, 0.6) is 17.2 Å². The highest BCUT2D eigenvalue weighted by atomic mass is 32.1. The molecule has 0 aliphatic rings. The molecule has 0 fully saturated rings. The average Bonchev–Trinajstić information content (AvgIpc) is 3.11. The maximum absolute atomic E-state index is 5.41. The minimum absolute atomic E-state index is 0.694. The molecule has 1 aromatic heterocycles. The molecule has 0 aliphatic heterocycles. The Hall–Kier alpha value is -2.53. The second-order valence-electron chi connectivity index (χ2n) is 4.81. The van der Waals surface area contributed by atoms with Gasteiger partial charge in [-0.3, -0.25) is 0 Å². The fraction of sp³-hybridized carbons (Fsp3) is 0.167. The first kappa shape index (κ1) is 15.4. The molecular weight excluding hydrogens is 310 g/mol. The number of benzene rings is 2. The molecule has 0 saturated carbocycles. The molecule has 0 saturated heterocycles. The van der Waals surface area contributed by atoms with Crippen LogP contribution in [0.3, 0.4) is 0 Å². The molecule has 0 unspecified atom stereocenters. The van der Waals surface area contributed by atoms with E-state index >= 15 is 0 Å². The van der Waals surface area contributed by atoms with Gasteiger partial charge in [-0.2, -0.15) is 0 Å². The summed E-state index contributed by atoms with van der Waals surface area (Å²) in [7, 11) is 4.92. The number of hydrogen-bond donors (Lipinski definition) is 0. The minimum Gasteiger partial charge on any atom is -0.496 e. The predicted octanol–water partition coefficient (Wildman–Crippen LogP) is 4.50. The van der Waals surface area contributed by atoms with Crippen LogP contribution in [0, 0.1) is 0 Å². The Morgan fingerprint density at radius 1 is 0.826 bits per heavy atom. The van der Waals surface area contributed by atoms with Gasteiger partial charge in [0.15, 0.2) is 11.5 Å². The third-order valence-corrected chi connectivity index (χ3v) is 4.41. The van der Waals surface area contributed by atoms with Crippen LogP contribution in [0.25, 0.3) is 21.8 Å². The van der Waals surface area contributed by atoms with Crippen LogP contribution in [0.1, 0.15) is 0 Å². The number of para-hydroxylation sites is 1. The molecule has 3 aromatic rings. The van der Waals surface area contributed by atoms with Crippen LogP contribution in [0.15, 0.2) is 47.8 Å². The van der Waals surface area contributed by atoms with Gasteiger partial charge in [0.05, 0.1) is 27.0 Å². The summed E-state index contributed by atoms with van der Waals surface area (Å²) in [5.74, 6) is 2.22. The molecule has 2 aromatic carbocycles. The zero-order chi connectivity index (χ0) is 16.2. The van der Waals surface area contributed by atoms with Crippen molar-refractivity contribution in [3.8, 4) is 39.1 Å². The molecule has 118 valence electrons. The van der Waals surface area contributed by atoms with Gasteiger partial charge in [-0.25, -0.2) is 4.98 Å². The Labute approximate surface area is 139 Å². The van der Waals surface area contributed by atoms with E-state index in [4.69, 9.17) is 19.2 Å². The zero-order valence-electron chi connectivity index (χ0n) is 13.2. The van der Waals surface area contributed by atoms with Gasteiger partial charge in [0.25, 0.3) is 0 Å².